The van der Waals surface area contributed by atoms with Crippen molar-refractivity contribution in [1.29, 1.82) is 0 Å². The SMILES string of the molecule is O=S1(=O)CC[n+]2cc(Cl)cc(-c3ccc(OCC4CCCO4)cc3)c2N1. The van der Waals surface area contributed by atoms with Gasteiger partial charge in [-0.1, -0.05) is 23.7 Å². The van der Waals surface area contributed by atoms with Gasteiger partial charge in [-0.3, -0.25) is 0 Å². The second-order valence-electron chi connectivity index (χ2n) is 6.51. The summed E-state index contributed by atoms with van der Waals surface area (Å²) in [5.41, 5.74) is 1.61. The van der Waals surface area contributed by atoms with E-state index in [0.29, 0.717) is 24.0 Å². The average Bonchev–Trinajstić information content (AvgIpc) is 3.13. The van der Waals surface area contributed by atoms with Crippen molar-refractivity contribution >= 4 is 27.4 Å². The zero-order valence-electron chi connectivity index (χ0n) is 14.2. The molecule has 1 aromatic heterocycles. The predicted molar refractivity (Wildman–Crippen MR) is 99.0 cm³/mol. The predicted octanol–water partition coefficient (Wildman–Crippen LogP) is 2.61. The molecule has 2 aliphatic heterocycles. The molecule has 4 rings (SSSR count). The molecule has 8 heteroatoms. The van der Waals surface area contributed by atoms with Crippen molar-refractivity contribution in [3.8, 4) is 16.9 Å². The Kier molecular flexibility index (Phi) is 4.77. The summed E-state index contributed by atoms with van der Waals surface area (Å²) in [6.45, 7) is 1.72. The molecular formula is C18H20ClN2O4S+. The summed E-state index contributed by atoms with van der Waals surface area (Å²) < 4.78 is 39.7. The number of sulfonamides is 1. The van der Waals surface area contributed by atoms with Crippen molar-refractivity contribution in [1.82, 2.24) is 0 Å². The maximum absolute atomic E-state index is 12.0. The molecule has 0 saturated carbocycles. The molecule has 1 fully saturated rings. The third-order valence-corrected chi connectivity index (χ3v) is 6.01. The average molecular weight is 396 g/mol. The lowest BCUT2D eigenvalue weighted by Crippen LogP contribution is -2.47. The van der Waals surface area contributed by atoms with Crippen molar-refractivity contribution in [3.63, 3.8) is 0 Å². The number of halogens is 1. The molecule has 6 nitrogen and oxygen atoms in total. The quantitative estimate of drug-likeness (QED) is 0.808. The second kappa shape index (κ2) is 7.06. The summed E-state index contributed by atoms with van der Waals surface area (Å²) in [7, 11) is -3.32. The maximum atomic E-state index is 12.0. The third kappa shape index (κ3) is 3.79. The number of nitrogens with zero attached hydrogens (tertiary/aromatic N) is 1. The van der Waals surface area contributed by atoms with Gasteiger partial charge in [0, 0.05) is 6.61 Å². The number of pyridine rings is 1. The monoisotopic (exact) mass is 395 g/mol. The molecule has 0 bridgehead atoms. The summed E-state index contributed by atoms with van der Waals surface area (Å²) in [6, 6.07) is 9.32. The number of benzene rings is 1. The third-order valence-electron chi connectivity index (χ3n) is 4.58. The minimum atomic E-state index is -3.32. The Morgan fingerprint density at radius 3 is 2.85 bits per heavy atom. The van der Waals surface area contributed by atoms with Gasteiger partial charge in [0.05, 0.1) is 16.7 Å². The number of aryl methyl sites for hydroxylation is 1. The lowest BCUT2D eigenvalue weighted by Gasteiger charge is -2.17. The lowest BCUT2D eigenvalue weighted by molar-refractivity contribution is -0.679. The van der Waals surface area contributed by atoms with Crippen molar-refractivity contribution < 1.29 is 22.5 Å². The van der Waals surface area contributed by atoms with Crippen molar-refractivity contribution in [2.75, 3.05) is 23.7 Å². The smallest absolute Gasteiger partial charge is 0.302 e. The molecular weight excluding hydrogens is 376 g/mol. The Bertz CT molecular complexity index is 910. The van der Waals surface area contributed by atoms with Crippen LogP contribution in [0, 0.1) is 0 Å². The first kappa shape index (κ1) is 17.6. The highest BCUT2D eigenvalue weighted by Gasteiger charge is 2.30. The highest BCUT2D eigenvalue weighted by Crippen LogP contribution is 2.31. The van der Waals surface area contributed by atoms with Gasteiger partial charge in [0.1, 0.15) is 30.9 Å². The van der Waals surface area contributed by atoms with Crippen LogP contribution in [0.1, 0.15) is 12.8 Å². The van der Waals surface area contributed by atoms with Crippen molar-refractivity contribution in [3.05, 3.63) is 41.6 Å². The number of fused-ring (bicyclic) bond motifs is 1. The summed E-state index contributed by atoms with van der Waals surface area (Å²) in [5.74, 6) is 1.34. The van der Waals surface area contributed by atoms with Gasteiger partial charge < -0.3 is 9.47 Å². The molecule has 0 amide bonds. The normalized spacial score (nSPS) is 21.0. The van der Waals surface area contributed by atoms with Crippen molar-refractivity contribution in [2.45, 2.75) is 25.5 Å². The molecule has 1 aromatic carbocycles. The van der Waals surface area contributed by atoms with E-state index in [9.17, 15) is 8.42 Å². The molecule has 0 spiro atoms. The fraction of sp³-hybridized carbons (Fsp3) is 0.389. The maximum Gasteiger partial charge on any atom is 0.302 e. The Morgan fingerprint density at radius 2 is 2.12 bits per heavy atom. The van der Waals surface area contributed by atoms with Crippen LogP contribution in [-0.2, 0) is 21.3 Å². The van der Waals surface area contributed by atoms with E-state index in [-0.39, 0.29) is 11.9 Å². The molecule has 3 heterocycles. The van der Waals surface area contributed by atoms with Crippen LogP contribution in [0.5, 0.6) is 5.75 Å². The highest BCUT2D eigenvalue weighted by atomic mass is 35.5. The first-order valence-corrected chi connectivity index (χ1v) is 10.6. The number of anilines is 1. The summed E-state index contributed by atoms with van der Waals surface area (Å²) in [4.78, 5) is 0. The Hall–Kier alpha value is -1.83. The lowest BCUT2D eigenvalue weighted by atomic mass is 10.1. The minimum absolute atomic E-state index is 0.0421. The van der Waals surface area contributed by atoms with E-state index < -0.39 is 10.0 Å². The van der Waals surface area contributed by atoms with E-state index in [1.54, 1.807) is 12.3 Å². The number of ether oxygens (including phenoxy) is 2. The Morgan fingerprint density at radius 1 is 1.31 bits per heavy atom. The molecule has 138 valence electrons. The Balaban J connectivity index is 1.58. The van der Waals surface area contributed by atoms with Gasteiger partial charge in [0.25, 0.3) is 5.82 Å². The van der Waals surface area contributed by atoms with Crippen LogP contribution < -0.4 is 14.0 Å². The summed E-state index contributed by atoms with van der Waals surface area (Å²) in [5, 5.41) is 0.559. The first-order chi connectivity index (χ1) is 12.5. The van der Waals surface area contributed by atoms with Crippen LogP contribution in [0.15, 0.2) is 36.5 Å². The standard InChI is InChI=1S/C18H19ClN2O4S/c19-14-10-17(18-20-26(22,23)9-7-21(18)11-14)13-3-5-15(6-4-13)25-12-16-2-1-8-24-16/h3-6,10-11,16H,1-2,7-9,12H2/p+1. The van der Waals surface area contributed by atoms with Crippen molar-refractivity contribution in [2.24, 2.45) is 0 Å². The highest BCUT2D eigenvalue weighted by molar-refractivity contribution is 7.92. The Labute approximate surface area is 157 Å². The zero-order valence-corrected chi connectivity index (χ0v) is 15.7. The van der Waals surface area contributed by atoms with Gasteiger partial charge in [0.15, 0.2) is 0 Å². The number of rotatable bonds is 4. The van der Waals surface area contributed by atoms with Gasteiger partial charge in [-0.2, -0.15) is 13.1 Å². The van der Waals surface area contributed by atoms with Crippen LogP contribution in [0.3, 0.4) is 0 Å². The van der Waals surface area contributed by atoms with E-state index in [2.05, 4.69) is 4.72 Å². The molecule has 1 atom stereocenters. The first-order valence-electron chi connectivity index (χ1n) is 8.58. The van der Waals surface area contributed by atoms with Crippen LogP contribution in [-0.4, -0.2) is 33.5 Å². The van der Waals surface area contributed by atoms with Crippen LogP contribution in [0.4, 0.5) is 5.82 Å². The molecule has 26 heavy (non-hydrogen) atoms. The van der Waals surface area contributed by atoms with Gasteiger partial charge in [-0.15, -0.1) is 0 Å². The molecule has 2 aliphatic rings. The largest absolute Gasteiger partial charge is 0.491 e. The summed E-state index contributed by atoms with van der Waals surface area (Å²) in [6.07, 6.45) is 4.02. The van der Waals surface area contributed by atoms with Crippen LogP contribution in [0.2, 0.25) is 5.02 Å². The molecule has 0 aliphatic carbocycles. The second-order valence-corrected chi connectivity index (χ2v) is 8.78. The van der Waals surface area contributed by atoms with E-state index in [1.807, 2.05) is 28.8 Å². The van der Waals surface area contributed by atoms with E-state index >= 15 is 0 Å². The molecule has 0 radical (unpaired) electrons. The van der Waals surface area contributed by atoms with Gasteiger partial charge >= 0.3 is 10.0 Å². The fourth-order valence-electron chi connectivity index (χ4n) is 3.23. The molecule has 1 saturated heterocycles. The van der Waals surface area contributed by atoms with E-state index in [0.717, 1.165) is 36.3 Å². The number of hydrogen-bond donors (Lipinski definition) is 1. The van der Waals surface area contributed by atoms with Crippen LogP contribution in [0.25, 0.3) is 11.1 Å². The van der Waals surface area contributed by atoms with E-state index in [1.165, 1.54) is 0 Å². The van der Waals surface area contributed by atoms with Gasteiger partial charge in [-0.05, 0) is 36.6 Å². The number of hydrogen-bond acceptors (Lipinski definition) is 4. The van der Waals surface area contributed by atoms with Crippen LogP contribution >= 0.6 is 11.6 Å². The molecule has 2 aromatic rings. The van der Waals surface area contributed by atoms with Gasteiger partial charge in [-0.25, -0.2) is 4.57 Å². The van der Waals surface area contributed by atoms with Gasteiger partial charge in [0.2, 0.25) is 0 Å². The zero-order chi connectivity index (χ0) is 18.1. The van der Waals surface area contributed by atoms with E-state index in [4.69, 9.17) is 21.1 Å². The number of aromatic nitrogens is 1. The summed E-state index contributed by atoms with van der Waals surface area (Å²) >= 11 is 6.22. The minimum Gasteiger partial charge on any atom is -0.491 e. The molecule has 1 unspecified atom stereocenters. The topological polar surface area (TPSA) is 68.5 Å². The number of nitrogens with one attached hydrogen (secondary N) is 1. The molecule has 1 N–H and O–H groups in total. The fourth-order valence-corrected chi connectivity index (χ4v) is 4.52.